The van der Waals surface area contributed by atoms with Crippen molar-refractivity contribution in [3.05, 3.63) is 35.0 Å². The molecular formula is C19H26N4O3S. The van der Waals surface area contributed by atoms with Gasteiger partial charge in [0.2, 0.25) is 0 Å². The summed E-state index contributed by atoms with van der Waals surface area (Å²) in [5, 5.41) is 15.4. The Morgan fingerprint density at radius 2 is 2.11 bits per heavy atom. The van der Waals surface area contributed by atoms with E-state index in [1.165, 1.54) is 11.3 Å². The van der Waals surface area contributed by atoms with Gasteiger partial charge in [0.05, 0.1) is 12.3 Å². The molecule has 2 aromatic rings. The Hall–Kier alpha value is -2.19. The van der Waals surface area contributed by atoms with Crippen molar-refractivity contribution in [1.29, 1.82) is 0 Å². The fourth-order valence-corrected chi connectivity index (χ4v) is 3.64. The molecule has 27 heavy (non-hydrogen) atoms. The lowest BCUT2D eigenvalue weighted by atomic mass is 9.89. The maximum atomic E-state index is 12.2. The number of nitrogens with zero attached hydrogens (tertiary/aromatic N) is 3. The molecule has 0 saturated carbocycles. The van der Waals surface area contributed by atoms with E-state index in [4.69, 9.17) is 4.74 Å². The molecule has 0 aliphatic carbocycles. The zero-order valence-electron chi connectivity index (χ0n) is 15.9. The zero-order chi connectivity index (χ0) is 19.4. The Balaban J connectivity index is 1.67. The van der Waals surface area contributed by atoms with Gasteiger partial charge in [-0.1, -0.05) is 0 Å². The van der Waals surface area contributed by atoms with Crippen LogP contribution in [0.3, 0.4) is 0 Å². The van der Waals surface area contributed by atoms with E-state index in [1.807, 2.05) is 38.3 Å². The summed E-state index contributed by atoms with van der Waals surface area (Å²) in [5.74, 6) is 0.995. The Kier molecular flexibility index (Phi) is 5.96. The lowest BCUT2D eigenvalue weighted by molar-refractivity contribution is 0.0205. The minimum Gasteiger partial charge on any atom is -0.444 e. The maximum Gasteiger partial charge on any atom is 0.410 e. The van der Waals surface area contributed by atoms with Gasteiger partial charge in [0.15, 0.2) is 5.13 Å². The largest absolute Gasteiger partial charge is 0.444 e. The number of piperidine rings is 1. The topological polar surface area (TPSA) is 87.6 Å². The average Bonchev–Trinajstić information content (AvgIpc) is 3.13. The SMILES string of the molecule is CC(C)(C)OC(=O)N1CCC(c2cc(CO)nc(Nc3nccs3)c2)CC1. The summed E-state index contributed by atoms with van der Waals surface area (Å²) >= 11 is 1.50. The van der Waals surface area contributed by atoms with Crippen molar-refractivity contribution in [2.45, 2.75) is 51.7 Å². The first-order chi connectivity index (χ1) is 12.8. The molecule has 146 valence electrons. The Morgan fingerprint density at radius 3 is 2.70 bits per heavy atom. The van der Waals surface area contributed by atoms with Crippen LogP contribution < -0.4 is 5.32 Å². The number of hydrogen-bond acceptors (Lipinski definition) is 7. The zero-order valence-corrected chi connectivity index (χ0v) is 16.8. The Bertz CT molecular complexity index is 766. The van der Waals surface area contributed by atoms with E-state index in [-0.39, 0.29) is 12.7 Å². The molecule has 2 aromatic heterocycles. The van der Waals surface area contributed by atoms with Crippen LogP contribution in [0.5, 0.6) is 0 Å². The highest BCUT2D eigenvalue weighted by atomic mass is 32.1. The van der Waals surface area contributed by atoms with Gasteiger partial charge in [0.1, 0.15) is 11.4 Å². The molecule has 7 nitrogen and oxygen atoms in total. The van der Waals surface area contributed by atoms with Crippen LogP contribution in [0, 0.1) is 0 Å². The quantitative estimate of drug-likeness (QED) is 0.823. The highest BCUT2D eigenvalue weighted by molar-refractivity contribution is 7.13. The molecular weight excluding hydrogens is 364 g/mol. The van der Waals surface area contributed by atoms with Gasteiger partial charge in [0, 0.05) is 24.7 Å². The molecule has 1 aliphatic rings. The standard InChI is InChI=1S/C19H26N4O3S/c1-19(2,3)26-18(25)23-7-4-13(5-8-23)14-10-15(12-24)21-16(11-14)22-17-20-6-9-27-17/h6,9-11,13,24H,4-5,7-8,12H2,1-3H3,(H,20,21,22). The number of pyridine rings is 1. The molecule has 1 aliphatic heterocycles. The monoisotopic (exact) mass is 390 g/mol. The number of amides is 1. The third-order valence-electron chi connectivity index (χ3n) is 4.35. The van der Waals surface area contributed by atoms with Gasteiger partial charge in [-0.15, -0.1) is 11.3 Å². The number of ether oxygens (including phenoxy) is 1. The molecule has 3 heterocycles. The van der Waals surface area contributed by atoms with E-state index in [1.54, 1.807) is 11.1 Å². The van der Waals surface area contributed by atoms with E-state index >= 15 is 0 Å². The van der Waals surface area contributed by atoms with E-state index in [0.29, 0.717) is 30.5 Å². The number of anilines is 2. The maximum absolute atomic E-state index is 12.2. The van der Waals surface area contributed by atoms with Gasteiger partial charge in [-0.3, -0.25) is 0 Å². The second-order valence-corrected chi connectivity index (χ2v) is 8.53. The van der Waals surface area contributed by atoms with Gasteiger partial charge in [0.25, 0.3) is 0 Å². The predicted molar refractivity (Wildman–Crippen MR) is 105 cm³/mol. The molecule has 1 amide bonds. The summed E-state index contributed by atoms with van der Waals surface area (Å²) in [6.45, 7) is 6.83. The fourth-order valence-electron chi connectivity index (χ4n) is 3.11. The van der Waals surface area contributed by atoms with Crippen LogP contribution in [-0.4, -0.2) is 44.8 Å². The Labute approximate surface area is 163 Å². The van der Waals surface area contributed by atoms with Crippen LogP contribution in [0.25, 0.3) is 0 Å². The van der Waals surface area contributed by atoms with Crippen molar-refractivity contribution < 1.29 is 14.6 Å². The Morgan fingerprint density at radius 1 is 1.37 bits per heavy atom. The number of rotatable bonds is 4. The molecule has 0 atom stereocenters. The molecule has 0 aromatic carbocycles. The molecule has 0 unspecified atom stereocenters. The van der Waals surface area contributed by atoms with Crippen LogP contribution in [-0.2, 0) is 11.3 Å². The van der Waals surface area contributed by atoms with E-state index in [2.05, 4.69) is 15.3 Å². The third-order valence-corrected chi connectivity index (χ3v) is 5.04. The summed E-state index contributed by atoms with van der Waals surface area (Å²) < 4.78 is 5.46. The number of hydrogen-bond donors (Lipinski definition) is 2. The van der Waals surface area contributed by atoms with Crippen LogP contribution in [0.1, 0.15) is 50.8 Å². The summed E-state index contributed by atoms with van der Waals surface area (Å²) in [5.41, 5.74) is 1.27. The normalized spacial score (nSPS) is 15.6. The summed E-state index contributed by atoms with van der Waals surface area (Å²) in [6, 6.07) is 3.95. The number of aliphatic hydroxyl groups excluding tert-OH is 1. The van der Waals surface area contributed by atoms with Gasteiger partial charge in [-0.2, -0.15) is 0 Å². The number of carbonyl (C=O) groups excluding carboxylic acids is 1. The van der Waals surface area contributed by atoms with Crippen LogP contribution in [0.2, 0.25) is 0 Å². The molecule has 2 N–H and O–H groups in total. The number of aliphatic hydroxyl groups is 1. The van der Waals surface area contributed by atoms with Crippen molar-refractivity contribution in [2.75, 3.05) is 18.4 Å². The molecule has 0 radical (unpaired) electrons. The first kappa shape index (κ1) is 19.6. The van der Waals surface area contributed by atoms with Crippen molar-refractivity contribution >= 4 is 28.4 Å². The predicted octanol–water partition coefficient (Wildman–Crippen LogP) is 3.89. The van der Waals surface area contributed by atoms with E-state index in [9.17, 15) is 9.90 Å². The molecule has 3 rings (SSSR count). The van der Waals surface area contributed by atoms with E-state index < -0.39 is 5.60 Å². The second-order valence-electron chi connectivity index (χ2n) is 7.64. The van der Waals surface area contributed by atoms with Crippen molar-refractivity contribution in [3.63, 3.8) is 0 Å². The number of nitrogens with one attached hydrogen (secondary N) is 1. The molecule has 0 spiro atoms. The summed E-state index contributed by atoms with van der Waals surface area (Å²) in [7, 11) is 0. The van der Waals surface area contributed by atoms with Crippen molar-refractivity contribution in [2.24, 2.45) is 0 Å². The third kappa shape index (κ3) is 5.40. The van der Waals surface area contributed by atoms with Crippen LogP contribution in [0.4, 0.5) is 15.7 Å². The van der Waals surface area contributed by atoms with Crippen LogP contribution >= 0.6 is 11.3 Å². The van der Waals surface area contributed by atoms with Gasteiger partial charge < -0.3 is 20.1 Å². The molecule has 1 saturated heterocycles. The van der Waals surface area contributed by atoms with E-state index in [0.717, 1.165) is 23.5 Å². The number of thiazole rings is 1. The first-order valence-electron chi connectivity index (χ1n) is 9.10. The van der Waals surface area contributed by atoms with Crippen molar-refractivity contribution in [3.8, 4) is 0 Å². The second kappa shape index (κ2) is 8.22. The lowest BCUT2D eigenvalue weighted by Crippen LogP contribution is -2.41. The molecule has 0 bridgehead atoms. The number of aromatic nitrogens is 2. The minimum atomic E-state index is -0.481. The fraction of sp³-hybridized carbons (Fsp3) is 0.526. The molecule has 8 heteroatoms. The number of likely N-dealkylation sites (tertiary alicyclic amines) is 1. The molecule has 1 fully saturated rings. The first-order valence-corrected chi connectivity index (χ1v) is 9.98. The highest BCUT2D eigenvalue weighted by Gasteiger charge is 2.27. The lowest BCUT2D eigenvalue weighted by Gasteiger charge is -2.33. The summed E-state index contributed by atoms with van der Waals surface area (Å²) in [4.78, 5) is 22.6. The average molecular weight is 391 g/mol. The van der Waals surface area contributed by atoms with Crippen LogP contribution in [0.15, 0.2) is 23.7 Å². The number of carbonyl (C=O) groups is 1. The van der Waals surface area contributed by atoms with Crippen molar-refractivity contribution in [1.82, 2.24) is 14.9 Å². The van der Waals surface area contributed by atoms with Gasteiger partial charge in [-0.25, -0.2) is 14.8 Å². The van der Waals surface area contributed by atoms with Gasteiger partial charge >= 0.3 is 6.09 Å². The highest BCUT2D eigenvalue weighted by Crippen LogP contribution is 2.31. The smallest absolute Gasteiger partial charge is 0.410 e. The summed E-state index contributed by atoms with van der Waals surface area (Å²) in [6.07, 6.45) is 3.18. The minimum absolute atomic E-state index is 0.114. The van der Waals surface area contributed by atoms with Gasteiger partial charge in [-0.05, 0) is 57.2 Å².